The van der Waals surface area contributed by atoms with Crippen LogP contribution < -0.4 is 4.74 Å². The van der Waals surface area contributed by atoms with E-state index in [1.165, 1.54) is 6.21 Å². The Kier molecular flexibility index (Phi) is 5.97. The largest absolute Gasteiger partial charge is 0.479 e. The zero-order valence-electron chi connectivity index (χ0n) is 19.3. The first-order valence-electron chi connectivity index (χ1n) is 11.3. The number of rotatable bonds is 6. The highest BCUT2D eigenvalue weighted by Gasteiger charge is 2.27. The fourth-order valence-corrected chi connectivity index (χ4v) is 3.95. The Morgan fingerprint density at radius 3 is 2.37 bits per heavy atom. The van der Waals surface area contributed by atoms with Crippen LogP contribution in [-0.4, -0.2) is 28.0 Å². The molecule has 174 valence electrons. The van der Waals surface area contributed by atoms with Crippen molar-refractivity contribution in [1.82, 2.24) is 9.99 Å². The van der Waals surface area contributed by atoms with Gasteiger partial charge in [0, 0.05) is 17.3 Å². The van der Waals surface area contributed by atoms with Crippen molar-refractivity contribution in [2.45, 2.75) is 26.4 Å². The molecule has 2 heterocycles. The third-order valence-electron chi connectivity index (χ3n) is 5.76. The Morgan fingerprint density at radius 2 is 1.71 bits per heavy atom. The predicted molar refractivity (Wildman–Crippen MR) is 131 cm³/mol. The number of nitrogens with zero attached hydrogens (tertiary/aromatic N) is 3. The van der Waals surface area contributed by atoms with Crippen molar-refractivity contribution in [2.24, 2.45) is 5.10 Å². The molecule has 1 atom stereocenters. The van der Waals surface area contributed by atoms with Crippen molar-refractivity contribution < 1.29 is 18.7 Å². The van der Waals surface area contributed by atoms with Gasteiger partial charge in [-0.1, -0.05) is 48.5 Å². The quantitative estimate of drug-likeness (QED) is 0.352. The Labute approximate surface area is 202 Å². The lowest BCUT2D eigenvalue weighted by Gasteiger charge is -2.20. The topological polar surface area (TPSA) is 85.0 Å². The van der Waals surface area contributed by atoms with Crippen molar-refractivity contribution in [3.63, 3.8) is 0 Å². The van der Waals surface area contributed by atoms with E-state index in [-0.39, 0.29) is 12.3 Å². The Bertz CT molecular complexity index is 1410. The number of oxazole rings is 1. The van der Waals surface area contributed by atoms with Crippen molar-refractivity contribution >= 4 is 18.0 Å². The number of hydrogen-bond donors (Lipinski definition) is 0. The Hall–Kier alpha value is -4.52. The Balaban J connectivity index is 1.48. The van der Waals surface area contributed by atoms with Crippen LogP contribution in [0, 0.1) is 13.8 Å². The average molecular weight is 466 g/mol. The normalized spacial score (nSPS) is 13.8. The molecule has 0 spiro atoms. The molecule has 0 aliphatic carbocycles. The van der Waals surface area contributed by atoms with Gasteiger partial charge < -0.3 is 9.15 Å². The summed E-state index contributed by atoms with van der Waals surface area (Å²) < 4.78 is 12.5. The van der Waals surface area contributed by atoms with Gasteiger partial charge in [0.1, 0.15) is 17.2 Å². The molecule has 0 radical (unpaired) electrons. The summed E-state index contributed by atoms with van der Waals surface area (Å²) in [7, 11) is 0. The lowest BCUT2D eigenvalue weighted by molar-refractivity contribution is -0.126. The molecule has 0 fully saturated rings. The summed E-state index contributed by atoms with van der Waals surface area (Å²) in [4.78, 5) is 29.4. The summed E-state index contributed by atoms with van der Waals surface area (Å²) in [6.07, 6.45) is 1.04. The van der Waals surface area contributed by atoms with E-state index in [2.05, 4.69) is 5.10 Å². The fraction of sp³-hybridized carbons (Fsp3) is 0.143. The van der Waals surface area contributed by atoms with E-state index in [1.54, 1.807) is 18.2 Å². The second-order valence-corrected chi connectivity index (χ2v) is 8.23. The number of aryl methyl sites for hydroxylation is 2. The van der Waals surface area contributed by atoms with Crippen LogP contribution in [0.2, 0.25) is 0 Å². The number of hydrazone groups is 1. The van der Waals surface area contributed by atoms with Crippen LogP contribution in [0.3, 0.4) is 0 Å². The van der Waals surface area contributed by atoms with E-state index in [9.17, 15) is 9.59 Å². The fourth-order valence-electron chi connectivity index (χ4n) is 3.95. The molecule has 2 amide bonds. The van der Waals surface area contributed by atoms with Crippen molar-refractivity contribution in [1.29, 1.82) is 0 Å². The second-order valence-electron chi connectivity index (χ2n) is 8.23. The van der Waals surface area contributed by atoms with Crippen LogP contribution in [0.5, 0.6) is 5.75 Å². The van der Waals surface area contributed by atoms with Crippen LogP contribution in [-0.2, 0) is 4.79 Å². The molecular formula is C28H23N3O4. The van der Waals surface area contributed by atoms with Gasteiger partial charge in [0.25, 0.3) is 11.8 Å². The highest BCUT2D eigenvalue weighted by atomic mass is 16.5. The van der Waals surface area contributed by atoms with Crippen molar-refractivity contribution in [2.75, 3.05) is 0 Å². The number of amides is 2. The van der Waals surface area contributed by atoms with Crippen molar-refractivity contribution in [3.8, 4) is 17.2 Å². The lowest BCUT2D eigenvalue weighted by atomic mass is 10.0. The molecule has 35 heavy (non-hydrogen) atoms. The van der Waals surface area contributed by atoms with E-state index >= 15 is 0 Å². The molecule has 1 unspecified atom stereocenters. The number of imide groups is 1. The zero-order chi connectivity index (χ0) is 24.4. The summed E-state index contributed by atoms with van der Waals surface area (Å²) >= 11 is 0. The number of carbonyl (C=O) groups is 2. The maximum absolute atomic E-state index is 12.7. The summed E-state index contributed by atoms with van der Waals surface area (Å²) in [5.74, 6) is 0.977. The summed E-state index contributed by atoms with van der Waals surface area (Å²) in [6.45, 7) is 3.73. The summed E-state index contributed by atoms with van der Waals surface area (Å²) in [5.41, 5.74) is 3.58. The molecule has 3 aromatic carbocycles. The maximum atomic E-state index is 12.7. The molecular weight excluding hydrogens is 442 g/mol. The van der Waals surface area contributed by atoms with E-state index in [0.29, 0.717) is 28.7 Å². The molecule has 0 N–H and O–H groups in total. The number of aromatic nitrogens is 1. The van der Waals surface area contributed by atoms with Gasteiger partial charge in [-0.25, -0.2) is 4.98 Å². The van der Waals surface area contributed by atoms with Gasteiger partial charge in [0.15, 0.2) is 6.10 Å². The van der Waals surface area contributed by atoms with Crippen molar-refractivity contribution in [3.05, 3.63) is 107 Å². The van der Waals surface area contributed by atoms with Gasteiger partial charge in [-0.2, -0.15) is 10.1 Å². The van der Waals surface area contributed by atoms with Gasteiger partial charge in [0.05, 0.1) is 6.42 Å². The maximum Gasteiger partial charge on any atom is 0.281 e. The molecule has 1 aliphatic heterocycles. The molecule has 0 bridgehead atoms. The zero-order valence-corrected chi connectivity index (χ0v) is 19.3. The molecule has 7 nitrogen and oxygen atoms in total. The van der Waals surface area contributed by atoms with Gasteiger partial charge in [-0.15, -0.1) is 0 Å². The molecule has 7 heteroatoms. The first kappa shape index (κ1) is 22.3. The van der Waals surface area contributed by atoms with Gasteiger partial charge >= 0.3 is 0 Å². The van der Waals surface area contributed by atoms with Crippen LogP contribution in [0.25, 0.3) is 11.5 Å². The van der Waals surface area contributed by atoms with E-state index in [4.69, 9.17) is 14.1 Å². The minimum atomic E-state index is -0.526. The predicted octanol–water partition coefficient (Wildman–Crippen LogP) is 5.49. The average Bonchev–Trinajstić information content (AvgIpc) is 3.49. The Morgan fingerprint density at radius 1 is 1.00 bits per heavy atom. The molecule has 4 aromatic rings. The van der Waals surface area contributed by atoms with E-state index < -0.39 is 12.0 Å². The molecule has 1 aromatic heterocycles. The molecule has 0 saturated heterocycles. The van der Waals surface area contributed by atoms with Crippen LogP contribution >= 0.6 is 0 Å². The minimum absolute atomic E-state index is 0.132. The smallest absolute Gasteiger partial charge is 0.281 e. The molecule has 0 saturated carbocycles. The van der Waals surface area contributed by atoms with Crippen LogP contribution in [0.1, 0.15) is 45.5 Å². The summed E-state index contributed by atoms with van der Waals surface area (Å²) in [5, 5.41) is 4.76. The molecule has 1 aliphatic rings. The first-order chi connectivity index (χ1) is 17.0. The third-order valence-corrected chi connectivity index (χ3v) is 5.76. The monoisotopic (exact) mass is 465 g/mol. The number of carbonyl (C=O) groups excluding carboxylic acids is 2. The standard InChI is InChI=1S/C28H23N3O4/c1-18-17-22(28(33)31-24(32)15-16-29-31)13-14-23(18)35-26(20-9-5-3-6-10-20)25-19(2)34-27(30-25)21-11-7-4-8-12-21/h3-14,16-17,26H,15H2,1-2H3. The third kappa shape index (κ3) is 4.48. The van der Waals surface area contributed by atoms with E-state index in [0.717, 1.165) is 21.7 Å². The van der Waals surface area contributed by atoms with Gasteiger partial charge in [0.2, 0.25) is 5.89 Å². The van der Waals surface area contributed by atoms with Gasteiger partial charge in [-0.3, -0.25) is 9.59 Å². The van der Waals surface area contributed by atoms with Gasteiger partial charge in [-0.05, 0) is 55.3 Å². The van der Waals surface area contributed by atoms with E-state index in [1.807, 2.05) is 74.5 Å². The highest BCUT2D eigenvalue weighted by molar-refractivity contribution is 6.10. The highest BCUT2D eigenvalue weighted by Crippen LogP contribution is 2.34. The van der Waals surface area contributed by atoms with Crippen LogP contribution in [0.4, 0.5) is 0 Å². The first-order valence-corrected chi connectivity index (χ1v) is 11.3. The SMILES string of the molecule is Cc1cc(C(=O)N2N=CCC2=O)ccc1OC(c1ccccc1)c1nc(-c2ccccc2)oc1C. The number of hydrogen-bond acceptors (Lipinski definition) is 6. The number of ether oxygens (including phenoxy) is 1. The molecule has 5 rings (SSSR count). The summed E-state index contributed by atoms with van der Waals surface area (Å²) in [6, 6.07) is 24.6. The lowest BCUT2D eigenvalue weighted by Crippen LogP contribution is -2.28. The van der Waals surface area contributed by atoms with Crippen LogP contribution in [0.15, 0.2) is 88.4 Å². The minimum Gasteiger partial charge on any atom is -0.479 e. The number of benzene rings is 3. The second kappa shape index (κ2) is 9.38.